The van der Waals surface area contributed by atoms with Crippen molar-refractivity contribution in [2.45, 2.75) is 50.8 Å². The van der Waals surface area contributed by atoms with E-state index < -0.39 is 0 Å². The van der Waals surface area contributed by atoms with Crippen LogP contribution >= 0.6 is 11.6 Å². The first-order valence-corrected chi connectivity index (χ1v) is 5.74. The van der Waals surface area contributed by atoms with Gasteiger partial charge in [-0.2, -0.15) is 0 Å². The number of hydrogen-bond donors (Lipinski definition) is 0. The number of alkyl halides is 1. The summed E-state index contributed by atoms with van der Waals surface area (Å²) in [6.07, 6.45) is 6.80. The molecule has 0 N–H and O–H groups in total. The van der Waals surface area contributed by atoms with Crippen molar-refractivity contribution in [3.05, 3.63) is 0 Å². The molecular formula is C11H17ClO. The lowest BCUT2D eigenvalue weighted by atomic mass is 9.60. The van der Waals surface area contributed by atoms with Crippen molar-refractivity contribution in [2.24, 2.45) is 11.3 Å². The van der Waals surface area contributed by atoms with E-state index in [-0.39, 0.29) is 11.2 Å². The van der Waals surface area contributed by atoms with Crippen LogP contribution in [0.15, 0.2) is 0 Å². The maximum atomic E-state index is 11.5. The predicted octanol–water partition coefficient (Wildman–Crippen LogP) is 3.15. The van der Waals surface area contributed by atoms with Gasteiger partial charge in [0, 0.05) is 6.42 Å². The van der Waals surface area contributed by atoms with Crippen molar-refractivity contribution in [1.82, 2.24) is 0 Å². The van der Waals surface area contributed by atoms with Gasteiger partial charge in [0.15, 0.2) is 5.78 Å². The third-order valence-electron chi connectivity index (χ3n) is 4.01. The molecule has 0 heterocycles. The third kappa shape index (κ3) is 1.52. The van der Waals surface area contributed by atoms with Crippen molar-refractivity contribution in [3.8, 4) is 0 Å². The molecule has 0 aliphatic heterocycles. The second kappa shape index (κ2) is 3.27. The van der Waals surface area contributed by atoms with E-state index in [0.29, 0.717) is 17.8 Å². The quantitative estimate of drug-likeness (QED) is 0.549. The zero-order valence-electron chi connectivity index (χ0n) is 8.18. The molecule has 0 spiro atoms. The highest BCUT2D eigenvalue weighted by molar-refractivity contribution is 6.31. The molecule has 0 aromatic heterocycles. The first-order valence-electron chi connectivity index (χ1n) is 5.30. The van der Waals surface area contributed by atoms with Crippen LogP contribution < -0.4 is 0 Å². The molecular weight excluding hydrogens is 184 g/mol. The second-order valence-electron chi connectivity index (χ2n) is 4.87. The van der Waals surface area contributed by atoms with E-state index in [2.05, 4.69) is 6.92 Å². The lowest BCUT2D eigenvalue weighted by Gasteiger charge is -2.46. The highest BCUT2D eigenvalue weighted by Gasteiger charge is 2.46. The summed E-state index contributed by atoms with van der Waals surface area (Å²) < 4.78 is 0. The summed E-state index contributed by atoms with van der Waals surface area (Å²) in [5.74, 6) is 0.746. The number of Topliss-reactive ketones (excluding diaryl/α,β-unsaturated/α-hetero) is 1. The number of fused-ring (bicyclic) bond motifs is 1. The van der Waals surface area contributed by atoms with Crippen LogP contribution in [-0.2, 0) is 4.79 Å². The Kier molecular flexibility index (Phi) is 2.39. The molecule has 2 aliphatic rings. The molecule has 1 nitrogen and oxygen atoms in total. The molecule has 2 rings (SSSR count). The first kappa shape index (κ1) is 9.51. The van der Waals surface area contributed by atoms with Gasteiger partial charge in [0.25, 0.3) is 0 Å². The molecule has 0 aromatic carbocycles. The molecule has 2 saturated carbocycles. The SMILES string of the molecule is C[C@@]12CCCC[C@H]1[C@H](Cl)C(=O)CC2. The Morgan fingerprint density at radius 2 is 2.15 bits per heavy atom. The summed E-state index contributed by atoms with van der Waals surface area (Å²) in [7, 11) is 0. The van der Waals surface area contributed by atoms with Crippen LogP contribution in [0.2, 0.25) is 0 Å². The van der Waals surface area contributed by atoms with Gasteiger partial charge >= 0.3 is 0 Å². The third-order valence-corrected chi connectivity index (χ3v) is 4.56. The molecule has 0 amide bonds. The highest BCUT2D eigenvalue weighted by Crippen LogP contribution is 2.50. The van der Waals surface area contributed by atoms with Crippen LogP contribution in [0.5, 0.6) is 0 Å². The molecule has 74 valence electrons. The fourth-order valence-electron chi connectivity index (χ4n) is 3.01. The van der Waals surface area contributed by atoms with Crippen LogP contribution in [0.4, 0.5) is 0 Å². The maximum Gasteiger partial charge on any atom is 0.151 e. The van der Waals surface area contributed by atoms with E-state index in [1.54, 1.807) is 0 Å². The topological polar surface area (TPSA) is 17.1 Å². The molecule has 0 radical (unpaired) electrons. The predicted molar refractivity (Wildman–Crippen MR) is 53.9 cm³/mol. The van der Waals surface area contributed by atoms with E-state index in [0.717, 1.165) is 12.8 Å². The van der Waals surface area contributed by atoms with E-state index in [9.17, 15) is 4.79 Å². The van der Waals surface area contributed by atoms with Crippen molar-refractivity contribution < 1.29 is 4.79 Å². The minimum absolute atomic E-state index is 0.181. The molecule has 3 atom stereocenters. The molecule has 0 bridgehead atoms. The standard InChI is InChI=1S/C11H17ClO/c1-11-6-3-2-4-8(11)10(12)9(13)5-7-11/h8,10H,2-7H2,1H3/t8-,10-,11-/m0/s1. The average molecular weight is 201 g/mol. The van der Waals surface area contributed by atoms with Gasteiger partial charge in [-0.3, -0.25) is 4.79 Å². The van der Waals surface area contributed by atoms with Crippen LogP contribution in [0.25, 0.3) is 0 Å². The molecule has 2 heteroatoms. The van der Waals surface area contributed by atoms with Gasteiger partial charge in [-0.15, -0.1) is 11.6 Å². The van der Waals surface area contributed by atoms with Gasteiger partial charge in [0.05, 0.1) is 5.38 Å². The van der Waals surface area contributed by atoms with Gasteiger partial charge in [0.2, 0.25) is 0 Å². The summed E-state index contributed by atoms with van der Waals surface area (Å²) in [4.78, 5) is 11.5. The van der Waals surface area contributed by atoms with E-state index in [1.807, 2.05) is 0 Å². The minimum atomic E-state index is -0.181. The van der Waals surface area contributed by atoms with E-state index in [4.69, 9.17) is 11.6 Å². The molecule has 2 aliphatic carbocycles. The molecule has 2 fully saturated rings. The van der Waals surface area contributed by atoms with Crippen molar-refractivity contribution >= 4 is 17.4 Å². The fourth-order valence-corrected chi connectivity index (χ4v) is 3.55. The van der Waals surface area contributed by atoms with E-state index in [1.165, 1.54) is 19.3 Å². The monoisotopic (exact) mass is 200 g/mol. The summed E-state index contributed by atoms with van der Waals surface area (Å²) >= 11 is 6.18. The lowest BCUT2D eigenvalue weighted by Crippen LogP contribution is -2.44. The van der Waals surface area contributed by atoms with Crippen LogP contribution in [-0.4, -0.2) is 11.2 Å². The summed E-state index contributed by atoms with van der Waals surface area (Å²) in [5, 5.41) is -0.181. The maximum absolute atomic E-state index is 11.5. The average Bonchev–Trinajstić information content (AvgIpc) is 2.12. The number of halogens is 1. The lowest BCUT2D eigenvalue weighted by molar-refractivity contribution is -0.125. The van der Waals surface area contributed by atoms with Gasteiger partial charge in [0.1, 0.15) is 0 Å². The second-order valence-corrected chi connectivity index (χ2v) is 5.34. The molecule has 13 heavy (non-hydrogen) atoms. The summed E-state index contributed by atoms with van der Waals surface area (Å²) in [6, 6.07) is 0. The Morgan fingerprint density at radius 1 is 1.38 bits per heavy atom. The van der Waals surface area contributed by atoms with Crippen molar-refractivity contribution in [3.63, 3.8) is 0 Å². The Bertz CT molecular complexity index is 226. The minimum Gasteiger partial charge on any atom is -0.298 e. The number of rotatable bonds is 0. The number of carbonyl (C=O) groups excluding carboxylic acids is 1. The van der Waals surface area contributed by atoms with Gasteiger partial charge < -0.3 is 0 Å². The number of hydrogen-bond acceptors (Lipinski definition) is 1. The normalized spacial score (nSPS) is 45.8. The van der Waals surface area contributed by atoms with Crippen LogP contribution in [0.1, 0.15) is 45.4 Å². The molecule has 0 saturated heterocycles. The zero-order chi connectivity index (χ0) is 9.47. The summed E-state index contributed by atoms with van der Waals surface area (Å²) in [5.41, 5.74) is 0.374. The highest BCUT2D eigenvalue weighted by atomic mass is 35.5. The Morgan fingerprint density at radius 3 is 2.92 bits per heavy atom. The molecule has 0 unspecified atom stereocenters. The van der Waals surface area contributed by atoms with Gasteiger partial charge in [-0.1, -0.05) is 19.8 Å². The van der Waals surface area contributed by atoms with Gasteiger partial charge in [-0.25, -0.2) is 0 Å². The van der Waals surface area contributed by atoms with Crippen molar-refractivity contribution in [1.29, 1.82) is 0 Å². The Balaban J connectivity index is 2.19. The fraction of sp³-hybridized carbons (Fsp3) is 0.909. The smallest absolute Gasteiger partial charge is 0.151 e. The van der Waals surface area contributed by atoms with Gasteiger partial charge in [-0.05, 0) is 30.6 Å². The molecule has 0 aromatic rings. The first-order chi connectivity index (χ1) is 6.13. The van der Waals surface area contributed by atoms with E-state index >= 15 is 0 Å². The van der Waals surface area contributed by atoms with Crippen molar-refractivity contribution in [2.75, 3.05) is 0 Å². The zero-order valence-corrected chi connectivity index (χ0v) is 8.94. The largest absolute Gasteiger partial charge is 0.298 e. The number of ketones is 1. The number of carbonyl (C=O) groups is 1. The van der Waals surface area contributed by atoms with Crippen LogP contribution in [0, 0.1) is 11.3 Å². The Hall–Kier alpha value is -0.0400. The summed E-state index contributed by atoms with van der Waals surface area (Å²) in [6.45, 7) is 2.32. The Labute approximate surface area is 84.8 Å². The van der Waals surface area contributed by atoms with Crippen LogP contribution in [0.3, 0.4) is 0 Å².